The van der Waals surface area contributed by atoms with Crippen LogP contribution in [-0.2, 0) is 42.5 Å². The first kappa shape index (κ1) is 29.4. The minimum Gasteiger partial charge on any atom is -0.468 e. The second-order valence-corrected chi connectivity index (χ2v) is 12.7. The average Bonchev–Trinajstić information content (AvgIpc) is 2.99. The van der Waals surface area contributed by atoms with Crippen molar-refractivity contribution >= 4 is 41.7 Å². The number of esters is 2. The number of amides is 1. The lowest BCUT2D eigenvalue weighted by Gasteiger charge is -2.34. The number of allylic oxidation sites excluding steroid dienone is 1. The van der Waals surface area contributed by atoms with Crippen LogP contribution in [0, 0.1) is 0 Å². The van der Waals surface area contributed by atoms with Gasteiger partial charge in [0.15, 0.2) is 12.0 Å². The van der Waals surface area contributed by atoms with Gasteiger partial charge in [-0.05, 0) is 45.2 Å². The zero-order valence-corrected chi connectivity index (χ0v) is 21.7. The number of carbonyl (C=O) groups excluding carboxylic acids is 4. The zero-order chi connectivity index (χ0) is 26.6. The number of methoxy groups -OCH3 is 1. The molecule has 198 valence electrons. The van der Waals surface area contributed by atoms with Gasteiger partial charge in [-0.15, -0.1) is 0 Å². The van der Waals surface area contributed by atoms with Gasteiger partial charge in [0.25, 0.3) is 0 Å². The van der Waals surface area contributed by atoms with Gasteiger partial charge < -0.3 is 28.9 Å². The van der Waals surface area contributed by atoms with Crippen molar-refractivity contribution in [2.24, 2.45) is 0 Å². The van der Waals surface area contributed by atoms with Crippen LogP contribution in [0.15, 0.2) is 12.3 Å². The fraction of sp³-hybridized carbons (Fsp3) is 0.700. The van der Waals surface area contributed by atoms with Crippen molar-refractivity contribution in [2.75, 3.05) is 19.5 Å². The van der Waals surface area contributed by atoms with E-state index in [-0.39, 0.29) is 5.75 Å². The summed E-state index contributed by atoms with van der Waals surface area (Å²) < 4.78 is 34.2. The van der Waals surface area contributed by atoms with Gasteiger partial charge >= 0.3 is 18.7 Å². The molecule has 0 aromatic carbocycles. The summed E-state index contributed by atoms with van der Waals surface area (Å²) in [4.78, 5) is 48.5. The van der Waals surface area contributed by atoms with E-state index in [0.29, 0.717) is 11.4 Å². The third-order valence-corrected chi connectivity index (χ3v) is 9.02. The van der Waals surface area contributed by atoms with Crippen molar-refractivity contribution < 1.29 is 52.7 Å². The molecule has 1 amide bonds. The molecule has 0 aromatic heterocycles. The molecule has 13 nitrogen and oxygen atoms in total. The van der Waals surface area contributed by atoms with Gasteiger partial charge in [0, 0.05) is 6.20 Å². The van der Waals surface area contributed by atoms with Crippen LogP contribution < -0.4 is 5.09 Å². The fourth-order valence-electron chi connectivity index (χ4n) is 3.24. The number of carbonyl (C=O) groups is 4. The SMILES string of the molecule is COC(=O)CS[P@](=O)(N[C@H](C)C(=O)OC(C)C)OC[C@H]1O[C@@H](N2C=CC(=O)CC2=O)[C@](C)(O)[C@@H]1O. The highest BCUT2D eigenvalue weighted by Crippen LogP contribution is 2.56. The lowest BCUT2D eigenvalue weighted by atomic mass is 9.95. The quantitative estimate of drug-likeness (QED) is 0.183. The third-order valence-electron chi connectivity index (χ3n) is 5.09. The molecular formula is C20H31N2O11PS. The van der Waals surface area contributed by atoms with Crippen molar-refractivity contribution in [3.63, 3.8) is 0 Å². The van der Waals surface area contributed by atoms with E-state index in [0.717, 1.165) is 24.3 Å². The number of ether oxygens (including phenoxy) is 3. The molecule has 35 heavy (non-hydrogen) atoms. The van der Waals surface area contributed by atoms with E-state index in [1.165, 1.54) is 13.8 Å². The third kappa shape index (κ3) is 7.59. The van der Waals surface area contributed by atoms with Crippen LogP contribution in [0.1, 0.15) is 34.1 Å². The van der Waals surface area contributed by atoms with Gasteiger partial charge in [-0.25, -0.2) is 5.09 Å². The monoisotopic (exact) mass is 538 g/mol. The van der Waals surface area contributed by atoms with E-state index in [1.807, 2.05) is 0 Å². The Hall–Kier alpha value is -1.80. The molecule has 1 saturated heterocycles. The van der Waals surface area contributed by atoms with Crippen LogP contribution in [0.5, 0.6) is 0 Å². The number of aliphatic hydroxyl groups is 2. The predicted octanol–water partition coefficient (Wildman–Crippen LogP) is 0.0989. The largest absolute Gasteiger partial charge is 0.468 e. The number of nitrogens with one attached hydrogen (secondary N) is 1. The smallest absolute Gasteiger partial charge is 0.327 e. The minimum atomic E-state index is -3.98. The summed E-state index contributed by atoms with van der Waals surface area (Å²) in [6, 6.07) is -1.08. The van der Waals surface area contributed by atoms with Gasteiger partial charge in [0.2, 0.25) is 5.91 Å². The van der Waals surface area contributed by atoms with Crippen LogP contribution in [0.25, 0.3) is 0 Å². The Morgan fingerprint density at radius 1 is 1.37 bits per heavy atom. The summed E-state index contributed by atoms with van der Waals surface area (Å²) in [7, 11) is 1.15. The summed E-state index contributed by atoms with van der Waals surface area (Å²) in [6.45, 7) is 1.41. The maximum atomic E-state index is 13.4. The lowest BCUT2D eigenvalue weighted by Crippen LogP contribution is -2.54. The van der Waals surface area contributed by atoms with Crippen LogP contribution in [0.4, 0.5) is 0 Å². The highest BCUT2D eigenvalue weighted by atomic mass is 32.7. The molecule has 15 heteroatoms. The first-order valence-corrected chi connectivity index (χ1v) is 13.9. The molecule has 1 fully saturated rings. The first-order valence-electron chi connectivity index (χ1n) is 10.7. The molecule has 0 bridgehead atoms. The lowest BCUT2D eigenvalue weighted by molar-refractivity contribution is -0.158. The Kier molecular flexibility index (Phi) is 10.1. The van der Waals surface area contributed by atoms with Crippen molar-refractivity contribution in [1.82, 2.24) is 9.99 Å². The molecule has 0 radical (unpaired) electrons. The molecular weight excluding hydrogens is 507 g/mol. The fourth-order valence-corrected chi connectivity index (χ4v) is 6.71. The van der Waals surface area contributed by atoms with Crippen molar-refractivity contribution in [1.29, 1.82) is 0 Å². The maximum absolute atomic E-state index is 13.4. The van der Waals surface area contributed by atoms with E-state index in [2.05, 4.69) is 9.82 Å². The van der Waals surface area contributed by atoms with E-state index < -0.39 is 79.6 Å². The maximum Gasteiger partial charge on any atom is 0.327 e. The summed E-state index contributed by atoms with van der Waals surface area (Å²) in [5.74, 6) is -2.81. The van der Waals surface area contributed by atoms with Gasteiger partial charge in [-0.2, -0.15) is 0 Å². The van der Waals surface area contributed by atoms with E-state index in [1.54, 1.807) is 13.8 Å². The summed E-state index contributed by atoms with van der Waals surface area (Å²) in [5.41, 5.74) is -1.96. The van der Waals surface area contributed by atoms with Gasteiger partial charge in [0.1, 0.15) is 29.6 Å². The minimum absolute atomic E-state index is 0.373. The molecule has 0 aliphatic carbocycles. The van der Waals surface area contributed by atoms with Crippen molar-refractivity contribution in [2.45, 2.75) is 70.3 Å². The van der Waals surface area contributed by atoms with Crippen LogP contribution in [0.3, 0.4) is 0 Å². The topological polar surface area (TPSA) is 178 Å². The molecule has 2 aliphatic heterocycles. The van der Waals surface area contributed by atoms with Crippen molar-refractivity contribution in [3.05, 3.63) is 12.3 Å². The highest BCUT2D eigenvalue weighted by Gasteiger charge is 2.56. The number of ketones is 1. The number of nitrogens with zero attached hydrogens (tertiary/aromatic N) is 1. The van der Waals surface area contributed by atoms with E-state index in [9.17, 15) is 34.0 Å². The number of hydrogen-bond donors (Lipinski definition) is 3. The molecule has 2 aliphatic rings. The molecule has 0 spiro atoms. The van der Waals surface area contributed by atoms with Crippen LogP contribution in [-0.4, -0.2) is 94.4 Å². The Morgan fingerprint density at radius 3 is 2.60 bits per heavy atom. The first-order chi connectivity index (χ1) is 16.2. The Bertz CT molecular complexity index is 910. The second-order valence-electron chi connectivity index (χ2n) is 8.44. The Labute approximate surface area is 206 Å². The van der Waals surface area contributed by atoms with Crippen molar-refractivity contribution in [3.8, 4) is 0 Å². The van der Waals surface area contributed by atoms with Gasteiger partial charge in [-0.1, -0.05) is 0 Å². The summed E-state index contributed by atoms with van der Waals surface area (Å²) >= 11 is 0.562. The molecule has 3 N–H and O–H groups in total. The van der Waals surface area contributed by atoms with E-state index >= 15 is 0 Å². The van der Waals surface area contributed by atoms with Crippen LogP contribution in [0.2, 0.25) is 0 Å². The Morgan fingerprint density at radius 2 is 2.03 bits per heavy atom. The molecule has 2 rings (SSSR count). The number of hydrogen-bond acceptors (Lipinski definition) is 12. The predicted molar refractivity (Wildman–Crippen MR) is 123 cm³/mol. The molecule has 0 unspecified atom stereocenters. The molecule has 2 heterocycles. The Balaban J connectivity index is 2.15. The zero-order valence-electron chi connectivity index (χ0n) is 20.0. The van der Waals surface area contributed by atoms with Gasteiger partial charge in [0.05, 0.1) is 26.2 Å². The summed E-state index contributed by atoms with van der Waals surface area (Å²) in [5, 5.41) is 24.0. The normalized spacial score (nSPS) is 29.3. The van der Waals surface area contributed by atoms with E-state index in [4.69, 9.17) is 14.0 Å². The molecule has 6 atom stereocenters. The van der Waals surface area contributed by atoms with Crippen LogP contribution >= 0.6 is 18.1 Å². The average molecular weight is 539 g/mol. The molecule has 0 saturated carbocycles. The summed E-state index contributed by atoms with van der Waals surface area (Å²) in [6.07, 6.45) is -2.71. The number of rotatable bonds is 11. The molecule has 0 aromatic rings. The second kappa shape index (κ2) is 12.0. The van der Waals surface area contributed by atoms with Gasteiger partial charge in [-0.3, -0.25) is 28.6 Å². The highest BCUT2D eigenvalue weighted by molar-refractivity contribution is 8.56. The number of aliphatic hydroxyl groups excluding tert-OH is 1. The standard InChI is InChI=1S/C20H31N2O11PS/c1-11(2)32-18(27)12(3)21-34(29,35-10-16(25)30-5)31-9-14-17(26)20(4,28)19(33-14)22-7-6-13(23)8-15(22)24/h6-7,11-12,14,17,19,26,28H,8-10H2,1-5H3,(H,21,29)/t12-,14-,17-,19-,20-,34+/m1/s1.